The molecule has 2 nitrogen and oxygen atoms in total. The molecular weight excluding hydrogens is 208 g/mol. The monoisotopic (exact) mass is 218 g/mol. The molecule has 0 aromatic carbocycles. The predicted molar refractivity (Wildman–Crippen MR) is 46.5 cm³/mol. The van der Waals surface area contributed by atoms with Crippen LogP contribution in [0.2, 0.25) is 0 Å². The largest absolute Gasteiger partial charge is 0.347 e. The third kappa shape index (κ3) is 2.80. The summed E-state index contributed by atoms with van der Waals surface area (Å²) >= 11 is 3.12. The Kier molecular flexibility index (Phi) is 2.90. The van der Waals surface area contributed by atoms with Crippen molar-refractivity contribution < 1.29 is 9.47 Å². The van der Waals surface area contributed by atoms with Crippen LogP contribution in [0.1, 0.15) is 13.8 Å². The molecule has 0 bridgehead atoms. The van der Waals surface area contributed by atoms with E-state index in [1.54, 1.807) is 4.99 Å². The standard InChI is InChI=1S/C8H11BrO2/c1-8(2)10-6-7(11-8)4-3-5-9/h4-5,7H,6H2,1-2H3/t3?,7-/m0/s1. The number of halogens is 1. The average molecular weight is 219 g/mol. The van der Waals surface area contributed by atoms with E-state index in [0.29, 0.717) is 6.61 Å². The fraction of sp³-hybridized carbons (Fsp3) is 0.625. The lowest BCUT2D eigenvalue weighted by Gasteiger charge is -2.15. The predicted octanol–water partition coefficient (Wildman–Crippen LogP) is 2.20. The van der Waals surface area contributed by atoms with Crippen molar-refractivity contribution in [3.63, 3.8) is 0 Å². The summed E-state index contributed by atoms with van der Waals surface area (Å²) in [4.78, 5) is 1.67. The van der Waals surface area contributed by atoms with Crippen LogP contribution in [-0.4, -0.2) is 18.5 Å². The lowest BCUT2D eigenvalue weighted by Crippen LogP contribution is -2.20. The normalized spacial score (nSPS) is 27.7. The summed E-state index contributed by atoms with van der Waals surface area (Å²) in [6, 6.07) is 0. The molecule has 1 aliphatic heterocycles. The van der Waals surface area contributed by atoms with Crippen molar-refractivity contribution in [1.82, 2.24) is 0 Å². The molecule has 0 amide bonds. The van der Waals surface area contributed by atoms with Gasteiger partial charge in [-0.05, 0) is 19.9 Å². The van der Waals surface area contributed by atoms with Crippen LogP contribution in [0.25, 0.3) is 0 Å². The van der Waals surface area contributed by atoms with Gasteiger partial charge in [0.1, 0.15) is 6.10 Å². The summed E-state index contributed by atoms with van der Waals surface area (Å²) in [6.07, 6.45) is 1.88. The molecule has 0 aliphatic carbocycles. The molecule has 0 unspecified atom stereocenters. The molecule has 3 heteroatoms. The van der Waals surface area contributed by atoms with Crippen molar-refractivity contribution in [2.75, 3.05) is 6.61 Å². The van der Waals surface area contributed by atoms with E-state index in [2.05, 4.69) is 21.7 Å². The summed E-state index contributed by atoms with van der Waals surface area (Å²) in [5, 5.41) is 0. The Morgan fingerprint density at radius 2 is 2.36 bits per heavy atom. The summed E-state index contributed by atoms with van der Waals surface area (Å²) < 4.78 is 10.8. The van der Waals surface area contributed by atoms with E-state index in [0.717, 1.165) is 0 Å². The highest BCUT2D eigenvalue weighted by Crippen LogP contribution is 2.22. The molecule has 0 radical (unpaired) electrons. The van der Waals surface area contributed by atoms with Gasteiger partial charge in [0.2, 0.25) is 0 Å². The maximum atomic E-state index is 5.47. The third-order valence-corrected chi connectivity index (χ3v) is 1.64. The molecule has 0 aromatic rings. The molecule has 0 spiro atoms. The van der Waals surface area contributed by atoms with Crippen molar-refractivity contribution >= 4 is 15.9 Å². The van der Waals surface area contributed by atoms with Crippen LogP contribution >= 0.6 is 15.9 Å². The molecule has 1 rings (SSSR count). The van der Waals surface area contributed by atoms with E-state index >= 15 is 0 Å². The summed E-state index contributed by atoms with van der Waals surface area (Å²) in [6.45, 7) is 4.41. The third-order valence-electron chi connectivity index (χ3n) is 1.38. The zero-order valence-electron chi connectivity index (χ0n) is 6.63. The molecule has 0 N–H and O–H groups in total. The average Bonchev–Trinajstić information content (AvgIpc) is 2.26. The molecule has 1 heterocycles. The van der Waals surface area contributed by atoms with Crippen LogP contribution in [0.15, 0.2) is 16.8 Å². The van der Waals surface area contributed by atoms with Crippen LogP contribution in [0.5, 0.6) is 0 Å². The second kappa shape index (κ2) is 3.55. The lowest BCUT2D eigenvalue weighted by atomic mass is 10.3. The summed E-state index contributed by atoms with van der Waals surface area (Å²) in [5.74, 6) is -0.435. The molecule has 1 fully saturated rings. The summed E-state index contributed by atoms with van der Waals surface area (Å²) in [5.41, 5.74) is 2.89. The first-order chi connectivity index (χ1) is 5.14. The first-order valence-electron chi connectivity index (χ1n) is 3.47. The zero-order valence-corrected chi connectivity index (χ0v) is 8.22. The van der Waals surface area contributed by atoms with E-state index in [9.17, 15) is 0 Å². The second-order valence-corrected chi connectivity index (χ2v) is 3.27. The van der Waals surface area contributed by atoms with Crippen molar-refractivity contribution in [2.24, 2.45) is 0 Å². The van der Waals surface area contributed by atoms with Crippen LogP contribution < -0.4 is 0 Å². The minimum atomic E-state index is -0.435. The maximum absolute atomic E-state index is 5.47. The molecule has 1 saturated heterocycles. The topological polar surface area (TPSA) is 18.5 Å². The Morgan fingerprint density at radius 3 is 2.82 bits per heavy atom. The number of hydrogen-bond donors (Lipinski definition) is 0. The van der Waals surface area contributed by atoms with Gasteiger partial charge in [-0.2, -0.15) is 0 Å². The van der Waals surface area contributed by atoms with Crippen LogP contribution in [0, 0.1) is 0 Å². The highest BCUT2D eigenvalue weighted by molar-refractivity contribution is 9.11. The van der Waals surface area contributed by atoms with Gasteiger partial charge in [-0.3, -0.25) is 0 Å². The first-order valence-corrected chi connectivity index (χ1v) is 4.39. The zero-order chi connectivity index (χ0) is 8.32. The van der Waals surface area contributed by atoms with Gasteiger partial charge in [-0.1, -0.05) is 15.9 Å². The molecule has 62 valence electrons. The van der Waals surface area contributed by atoms with E-state index in [1.165, 1.54) is 0 Å². The molecule has 0 aromatic heterocycles. The van der Waals surface area contributed by atoms with Gasteiger partial charge in [0.25, 0.3) is 0 Å². The smallest absolute Gasteiger partial charge is 0.163 e. The molecule has 11 heavy (non-hydrogen) atoms. The van der Waals surface area contributed by atoms with Gasteiger partial charge < -0.3 is 9.47 Å². The number of ether oxygens (including phenoxy) is 2. The molecule has 0 saturated carbocycles. The van der Waals surface area contributed by atoms with Gasteiger partial charge in [0, 0.05) is 4.99 Å². The molecule has 1 aliphatic rings. The van der Waals surface area contributed by atoms with Crippen LogP contribution in [0.4, 0.5) is 0 Å². The van der Waals surface area contributed by atoms with Gasteiger partial charge in [0.05, 0.1) is 6.61 Å². The summed E-state index contributed by atoms with van der Waals surface area (Å²) in [7, 11) is 0. The number of rotatable bonds is 1. The minimum absolute atomic E-state index is 0.0406. The van der Waals surface area contributed by atoms with Crippen LogP contribution in [0.3, 0.4) is 0 Å². The van der Waals surface area contributed by atoms with E-state index in [1.807, 2.05) is 19.9 Å². The minimum Gasteiger partial charge on any atom is -0.347 e. The van der Waals surface area contributed by atoms with E-state index < -0.39 is 5.79 Å². The highest BCUT2D eigenvalue weighted by Gasteiger charge is 2.30. The van der Waals surface area contributed by atoms with E-state index in [4.69, 9.17) is 9.47 Å². The Morgan fingerprint density at radius 1 is 1.64 bits per heavy atom. The SMILES string of the molecule is CC1(C)OC[C@H](C=C=CBr)O1. The first kappa shape index (κ1) is 9.01. The van der Waals surface area contributed by atoms with Gasteiger partial charge in [-0.15, -0.1) is 5.73 Å². The highest BCUT2D eigenvalue weighted by atomic mass is 79.9. The van der Waals surface area contributed by atoms with Gasteiger partial charge in [0.15, 0.2) is 5.79 Å². The van der Waals surface area contributed by atoms with Crippen molar-refractivity contribution in [3.05, 3.63) is 16.8 Å². The Balaban J connectivity index is 2.49. The van der Waals surface area contributed by atoms with Crippen molar-refractivity contribution in [1.29, 1.82) is 0 Å². The van der Waals surface area contributed by atoms with Gasteiger partial charge >= 0.3 is 0 Å². The Hall–Kier alpha value is -0.0800. The fourth-order valence-corrected chi connectivity index (χ4v) is 1.09. The second-order valence-electron chi connectivity index (χ2n) is 2.81. The maximum Gasteiger partial charge on any atom is 0.163 e. The van der Waals surface area contributed by atoms with Crippen molar-refractivity contribution in [2.45, 2.75) is 25.7 Å². The van der Waals surface area contributed by atoms with Gasteiger partial charge in [-0.25, -0.2) is 0 Å². The lowest BCUT2D eigenvalue weighted by molar-refractivity contribution is -0.133. The van der Waals surface area contributed by atoms with Crippen LogP contribution in [-0.2, 0) is 9.47 Å². The van der Waals surface area contributed by atoms with E-state index in [-0.39, 0.29) is 6.10 Å². The quantitative estimate of drug-likeness (QED) is 0.629. The fourth-order valence-electron chi connectivity index (χ4n) is 0.941. The molecule has 1 atom stereocenters. The number of hydrogen-bond acceptors (Lipinski definition) is 2. The Labute approximate surface area is 75.0 Å². The molecular formula is C8H11BrO2. The Bertz CT molecular complexity index is 192. The van der Waals surface area contributed by atoms with Crippen molar-refractivity contribution in [3.8, 4) is 0 Å².